The molecule has 4 N–H and O–H groups in total. The van der Waals surface area contributed by atoms with Crippen LogP contribution in [0.25, 0.3) is 0 Å². The molecule has 0 aliphatic heterocycles. The minimum atomic E-state index is -0.591. The Morgan fingerprint density at radius 2 is 2.07 bits per heavy atom. The predicted molar refractivity (Wildman–Crippen MR) is 57.0 cm³/mol. The Hall–Kier alpha value is -1.10. The van der Waals surface area contributed by atoms with Crippen LogP contribution in [0, 0.1) is 5.92 Å². The molecule has 86 valence electrons. The molecule has 1 saturated carbocycles. The van der Waals surface area contributed by atoms with E-state index < -0.39 is 11.8 Å². The number of carbonyl (C=O) groups excluding carboxylic acids is 2. The molecule has 1 aliphatic rings. The summed E-state index contributed by atoms with van der Waals surface area (Å²) < 4.78 is 0. The Morgan fingerprint density at radius 3 is 2.53 bits per heavy atom. The van der Waals surface area contributed by atoms with Gasteiger partial charge in [0, 0.05) is 19.1 Å². The summed E-state index contributed by atoms with van der Waals surface area (Å²) >= 11 is 0. The van der Waals surface area contributed by atoms with Crippen LogP contribution < -0.4 is 16.4 Å². The number of hydrogen-bond acceptors (Lipinski definition) is 3. The van der Waals surface area contributed by atoms with Crippen LogP contribution in [0.5, 0.6) is 0 Å². The van der Waals surface area contributed by atoms with Gasteiger partial charge in [-0.1, -0.05) is 6.42 Å². The number of carbonyl (C=O) groups is 2. The van der Waals surface area contributed by atoms with Gasteiger partial charge in [0.05, 0.1) is 0 Å². The summed E-state index contributed by atoms with van der Waals surface area (Å²) in [6.07, 6.45) is 3.52. The van der Waals surface area contributed by atoms with Gasteiger partial charge in [-0.2, -0.15) is 0 Å². The summed E-state index contributed by atoms with van der Waals surface area (Å²) in [7, 11) is 0. The first-order chi connectivity index (χ1) is 7.15. The van der Waals surface area contributed by atoms with Crippen molar-refractivity contribution in [3.63, 3.8) is 0 Å². The van der Waals surface area contributed by atoms with Gasteiger partial charge in [-0.05, 0) is 25.7 Å². The fourth-order valence-electron chi connectivity index (χ4n) is 1.60. The Morgan fingerprint density at radius 1 is 1.40 bits per heavy atom. The van der Waals surface area contributed by atoms with E-state index in [1.54, 1.807) is 0 Å². The molecule has 1 unspecified atom stereocenters. The number of nitrogens with two attached hydrogens (primary N) is 1. The molecular weight excluding hydrogens is 194 g/mol. The molecule has 0 aromatic heterocycles. The lowest BCUT2D eigenvalue weighted by molar-refractivity contribution is -0.139. The average molecular weight is 213 g/mol. The van der Waals surface area contributed by atoms with Gasteiger partial charge >= 0.3 is 11.8 Å². The molecule has 0 heterocycles. The predicted octanol–water partition coefficient (Wildman–Crippen LogP) is -0.634. The lowest BCUT2D eigenvalue weighted by Gasteiger charge is -2.31. The molecule has 5 heteroatoms. The van der Waals surface area contributed by atoms with E-state index in [1.165, 1.54) is 6.42 Å². The molecule has 0 saturated heterocycles. The largest absolute Gasteiger partial charge is 0.347 e. The second kappa shape index (κ2) is 5.70. The Labute approximate surface area is 89.8 Å². The number of amides is 2. The summed E-state index contributed by atoms with van der Waals surface area (Å²) in [5, 5.41) is 5.14. The van der Waals surface area contributed by atoms with Crippen molar-refractivity contribution in [2.75, 3.05) is 13.1 Å². The van der Waals surface area contributed by atoms with E-state index in [-0.39, 0.29) is 6.04 Å². The van der Waals surface area contributed by atoms with Crippen LogP contribution in [-0.2, 0) is 9.59 Å². The van der Waals surface area contributed by atoms with Crippen LogP contribution in [0.15, 0.2) is 0 Å². The monoisotopic (exact) mass is 213 g/mol. The van der Waals surface area contributed by atoms with Crippen LogP contribution in [0.3, 0.4) is 0 Å². The van der Waals surface area contributed by atoms with Crippen molar-refractivity contribution in [2.24, 2.45) is 11.7 Å². The fourth-order valence-corrected chi connectivity index (χ4v) is 1.60. The van der Waals surface area contributed by atoms with Gasteiger partial charge in [0.25, 0.3) is 0 Å². The lowest BCUT2D eigenvalue weighted by Crippen LogP contribution is -2.48. The van der Waals surface area contributed by atoms with E-state index in [0.29, 0.717) is 19.0 Å². The van der Waals surface area contributed by atoms with E-state index >= 15 is 0 Å². The van der Waals surface area contributed by atoms with E-state index in [1.807, 2.05) is 6.92 Å². The van der Waals surface area contributed by atoms with Crippen molar-refractivity contribution in [1.82, 2.24) is 10.6 Å². The fraction of sp³-hybridized carbons (Fsp3) is 0.800. The lowest BCUT2D eigenvalue weighted by atomic mass is 9.80. The molecule has 2 amide bonds. The highest BCUT2D eigenvalue weighted by atomic mass is 16.2. The Kier molecular flexibility index (Phi) is 4.55. The molecule has 0 aromatic carbocycles. The van der Waals surface area contributed by atoms with Crippen LogP contribution in [0.2, 0.25) is 0 Å². The third kappa shape index (κ3) is 3.51. The zero-order chi connectivity index (χ0) is 11.3. The van der Waals surface area contributed by atoms with Crippen LogP contribution in [-0.4, -0.2) is 30.9 Å². The molecule has 15 heavy (non-hydrogen) atoms. The second-order valence-corrected chi connectivity index (χ2v) is 4.00. The normalized spacial score (nSPS) is 17.7. The quantitative estimate of drug-likeness (QED) is 0.543. The first kappa shape index (κ1) is 12.0. The summed E-state index contributed by atoms with van der Waals surface area (Å²) in [5.74, 6) is -0.606. The molecule has 1 atom stereocenters. The number of rotatable bonds is 4. The average Bonchev–Trinajstić information content (AvgIpc) is 2.10. The van der Waals surface area contributed by atoms with Gasteiger partial charge in [0.2, 0.25) is 0 Å². The topological polar surface area (TPSA) is 84.2 Å². The SMILES string of the molecule is CC(NC(=O)C(=O)NCCN)C1CCC1. The molecule has 0 spiro atoms. The highest BCUT2D eigenvalue weighted by Crippen LogP contribution is 2.29. The second-order valence-electron chi connectivity index (χ2n) is 4.00. The first-order valence-corrected chi connectivity index (χ1v) is 5.44. The summed E-state index contributed by atoms with van der Waals surface area (Å²) in [6.45, 7) is 2.62. The van der Waals surface area contributed by atoms with Crippen molar-refractivity contribution in [3.8, 4) is 0 Å². The molecule has 1 fully saturated rings. The Bertz CT molecular complexity index is 239. The van der Waals surface area contributed by atoms with Gasteiger partial charge in [0.15, 0.2) is 0 Å². The third-order valence-electron chi connectivity index (χ3n) is 2.85. The maximum absolute atomic E-state index is 11.3. The molecule has 5 nitrogen and oxygen atoms in total. The molecule has 0 aromatic rings. The smallest absolute Gasteiger partial charge is 0.309 e. The van der Waals surface area contributed by atoms with E-state index in [2.05, 4.69) is 10.6 Å². The molecule has 0 bridgehead atoms. The standard InChI is InChI=1S/C10H19N3O2/c1-7(8-3-2-4-8)13-10(15)9(14)12-6-5-11/h7-8H,2-6,11H2,1H3,(H,12,14)(H,13,15). The Balaban J connectivity index is 2.24. The molecule has 0 radical (unpaired) electrons. The van der Waals surface area contributed by atoms with E-state index in [4.69, 9.17) is 5.73 Å². The van der Waals surface area contributed by atoms with Gasteiger partial charge in [0.1, 0.15) is 0 Å². The van der Waals surface area contributed by atoms with Gasteiger partial charge in [-0.3, -0.25) is 9.59 Å². The summed E-state index contributed by atoms with van der Waals surface area (Å²) in [4.78, 5) is 22.5. The van der Waals surface area contributed by atoms with Crippen molar-refractivity contribution in [3.05, 3.63) is 0 Å². The number of nitrogens with one attached hydrogen (secondary N) is 2. The van der Waals surface area contributed by atoms with Crippen molar-refractivity contribution >= 4 is 11.8 Å². The molecule has 1 aliphatic carbocycles. The maximum Gasteiger partial charge on any atom is 0.309 e. The van der Waals surface area contributed by atoms with Crippen molar-refractivity contribution in [2.45, 2.75) is 32.2 Å². The number of hydrogen-bond donors (Lipinski definition) is 3. The minimum Gasteiger partial charge on any atom is -0.347 e. The summed E-state index contributed by atoms with van der Waals surface area (Å²) in [6, 6.07) is 0.0925. The van der Waals surface area contributed by atoms with Crippen molar-refractivity contribution in [1.29, 1.82) is 0 Å². The first-order valence-electron chi connectivity index (χ1n) is 5.44. The van der Waals surface area contributed by atoms with Crippen molar-refractivity contribution < 1.29 is 9.59 Å². The van der Waals surface area contributed by atoms with Gasteiger partial charge in [-0.15, -0.1) is 0 Å². The zero-order valence-corrected chi connectivity index (χ0v) is 9.08. The van der Waals surface area contributed by atoms with Gasteiger partial charge < -0.3 is 16.4 Å². The third-order valence-corrected chi connectivity index (χ3v) is 2.85. The molecule has 1 rings (SSSR count). The zero-order valence-electron chi connectivity index (χ0n) is 9.08. The minimum absolute atomic E-state index is 0.0925. The van der Waals surface area contributed by atoms with E-state index in [0.717, 1.165) is 12.8 Å². The van der Waals surface area contributed by atoms with Crippen LogP contribution >= 0.6 is 0 Å². The van der Waals surface area contributed by atoms with E-state index in [9.17, 15) is 9.59 Å². The van der Waals surface area contributed by atoms with Crippen LogP contribution in [0.4, 0.5) is 0 Å². The highest BCUT2D eigenvalue weighted by Gasteiger charge is 2.26. The maximum atomic E-state index is 11.3. The summed E-state index contributed by atoms with van der Waals surface area (Å²) in [5.41, 5.74) is 5.21. The van der Waals surface area contributed by atoms with Crippen LogP contribution in [0.1, 0.15) is 26.2 Å². The highest BCUT2D eigenvalue weighted by molar-refractivity contribution is 6.35. The van der Waals surface area contributed by atoms with Gasteiger partial charge in [-0.25, -0.2) is 0 Å². The molecular formula is C10H19N3O2.